The monoisotopic (exact) mass is 826 g/mol. The molecule has 3 atom stereocenters. The smallest absolute Gasteiger partial charge is 0.408 e. The van der Waals surface area contributed by atoms with Crippen molar-refractivity contribution in [2.45, 2.75) is 117 Å². The van der Waals surface area contributed by atoms with Crippen molar-refractivity contribution in [2.24, 2.45) is 5.41 Å². The van der Waals surface area contributed by atoms with E-state index in [0.29, 0.717) is 37.2 Å². The van der Waals surface area contributed by atoms with Crippen molar-refractivity contribution in [3.63, 3.8) is 0 Å². The Hall–Kier alpha value is -4.37. The highest BCUT2D eigenvalue weighted by Crippen LogP contribution is 2.44. The zero-order valence-corrected chi connectivity index (χ0v) is 37.1. The second-order valence-electron chi connectivity index (χ2n) is 18.2. The molecular formula is C45H62N8O5S. The van der Waals surface area contributed by atoms with Gasteiger partial charge >= 0.3 is 6.09 Å². The highest BCUT2D eigenvalue weighted by atomic mass is 32.1. The van der Waals surface area contributed by atoms with Crippen LogP contribution in [0.5, 0.6) is 0 Å². The quantitative estimate of drug-likeness (QED) is 0.206. The molecule has 4 aromatic rings. The predicted molar refractivity (Wildman–Crippen MR) is 234 cm³/mol. The fourth-order valence-electron chi connectivity index (χ4n) is 8.66. The molecule has 14 heteroatoms. The number of piperazine rings is 1. The number of aromatic nitrogens is 3. The van der Waals surface area contributed by atoms with Gasteiger partial charge in [0.15, 0.2) is 5.78 Å². The van der Waals surface area contributed by atoms with Crippen LogP contribution in [-0.4, -0.2) is 107 Å². The van der Waals surface area contributed by atoms with Crippen molar-refractivity contribution < 1.29 is 23.9 Å². The summed E-state index contributed by atoms with van der Waals surface area (Å²) in [5.74, 6) is -0.240. The van der Waals surface area contributed by atoms with Gasteiger partial charge in [-0.3, -0.25) is 19.6 Å². The number of hydrazine groups is 1. The summed E-state index contributed by atoms with van der Waals surface area (Å²) in [6.07, 6.45) is 4.32. The van der Waals surface area contributed by atoms with Gasteiger partial charge in [0.05, 0.1) is 46.1 Å². The summed E-state index contributed by atoms with van der Waals surface area (Å²) in [5, 5.41) is 8.21. The van der Waals surface area contributed by atoms with Crippen molar-refractivity contribution in [2.75, 3.05) is 51.8 Å². The molecule has 0 unspecified atom stereocenters. The summed E-state index contributed by atoms with van der Waals surface area (Å²) in [4.78, 5) is 56.2. The molecule has 318 valence electrons. The Kier molecular flexibility index (Phi) is 12.5. The molecule has 0 spiro atoms. The molecule has 1 aromatic carbocycles. The Labute approximate surface area is 352 Å². The van der Waals surface area contributed by atoms with E-state index in [-0.39, 0.29) is 29.6 Å². The lowest BCUT2D eigenvalue weighted by Crippen LogP contribution is -2.60. The molecule has 3 aromatic heterocycles. The molecule has 6 bridgehead atoms. The second kappa shape index (κ2) is 17.3. The Bertz CT molecular complexity index is 2180. The largest absolute Gasteiger partial charge is 0.444 e. The Morgan fingerprint density at radius 3 is 2.59 bits per heavy atom. The SMILES string of the molecule is CCn1c(-c2cc(N3CCN(C)CC3)cnc2[C@H](C)OC)c2c3cc(ccc31)-c1csc(n1)C[C@H](NC(=O)OC(C)(C)C)C(=O)N1CCC[C@H](N1)C(=O)CCC(C)(C)C2. The minimum absolute atomic E-state index is 0.0803. The standard InChI is InChI=1S/C45H62N8O5S/c1-10-52-37-14-13-29-22-31(37)33(41(52)32-23-30(26-46-40(32)28(2)57-9)51-20-18-50(8)19-21-51)25-45(6,7)16-15-38(54)34-12-11-17-53(49-34)42(55)35(24-39-47-36(29)27-59-39)48-43(56)58-44(3,4)5/h13-14,22-23,26-28,34-35,49H,10-12,15-21,24-25H2,1-9H3,(H,48,56)/t28-,34-,35-/m0/s1. The maximum absolute atomic E-state index is 14.1. The first-order chi connectivity index (χ1) is 28.0. The van der Waals surface area contributed by atoms with Crippen LogP contribution in [0.3, 0.4) is 0 Å². The fraction of sp³-hybridized carbons (Fsp3) is 0.578. The van der Waals surface area contributed by atoms with Gasteiger partial charge in [0.2, 0.25) is 0 Å². The van der Waals surface area contributed by atoms with Crippen LogP contribution in [0, 0.1) is 5.41 Å². The molecule has 6 heterocycles. The van der Waals surface area contributed by atoms with E-state index in [9.17, 15) is 14.4 Å². The van der Waals surface area contributed by atoms with E-state index in [1.807, 2.05) is 11.6 Å². The van der Waals surface area contributed by atoms with E-state index >= 15 is 0 Å². The van der Waals surface area contributed by atoms with Crippen molar-refractivity contribution >= 4 is 45.7 Å². The number of hydrogen-bond acceptors (Lipinski definition) is 11. The number of anilines is 1. The van der Waals surface area contributed by atoms with Gasteiger partial charge in [0.1, 0.15) is 11.6 Å². The van der Waals surface area contributed by atoms with Crippen LogP contribution < -0.4 is 15.6 Å². The first-order valence-corrected chi connectivity index (χ1v) is 22.1. The van der Waals surface area contributed by atoms with E-state index in [2.05, 4.69) is 84.1 Å². The number of carbonyl (C=O) groups excluding carboxylic acids is 3. The van der Waals surface area contributed by atoms with Gasteiger partial charge in [-0.1, -0.05) is 19.9 Å². The summed E-state index contributed by atoms with van der Waals surface area (Å²) in [6, 6.07) is 7.44. The summed E-state index contributed by atoms with van der Waals surface area (Å²) in [6.45, 7) is 19.1. The number of nitrogens with zero attached hydrogens (tertiary/aromatic N) is 6. The summed E-state index contributed by atoms with van der Waals surface area (Å²) in [5.41, 5.74) is 10.6. The van der Waals surface area contributed by atoms with Crippen LogP contribution >= 0.6 is 11.3 Å². The number of aryl methyl sites for hydroxylation is 1. The van der Waals surface area contributed by atoms with Gasteiger partial charge in [0.25, 0.3) is 5.91 Å². The second-order valence-corrected chi connectivity index (χ2v) is 19.2. The zero-order chi connectivity index (χ0) is 42.2. The van der Waals surface area contributed by atoms with E-state index in [1.165, 1.54) is 21.9 Å². The zero-order valence-electron chi connectivity index (χ0n) is 36.3. The molecule has 59 heavy (non-hydrogen) atoms. The normalized spacial score (nSPS) is 21.4. The molecule has 0 radical (unpaired) electrons. The van der Waals surface area contributed by atoms with Crippen molar-refractivity contribution in [1.29, 1.82) is 0 Å². The third-order valence-electron chi connectivity index (χ3n) is 12.0. The number of methoxy groups -OCH3 is 1. The van der Waals surface area contributed by atoms with Crippen LogP contribution in [0.2, 0.25) is 0 Å². The van der Waals surface area contributed by atoms with Crippen LogP contribution in [0.4, 0.5) is 10.5 Å². The van der Waals surface area contributed by atoms with E-state index in [4.69, 9.17) is 19.4 Å². The van der Waals surface area contributed by atoms with Crippen molar-refractivity contribution in [3.05, 3.63) is 52.1 Å². The summed E-state index contributed by atoms with van der Waals surface area (Å²) >= 11 is 1.46. The Morgan fingerprint density at radius 1 is 1.12 bits per heavy atom. The average molecular weight is 827 g/mol. The van der Waals surface area contributed by atoms with Crippen LogP contribution in [0.1, 0.15) is 96.5 Å². The molecule has 2 fully saturated rings. The number of alkyl carbamates (subject to hydrolysis) is 1. The minimum Gasteiger partial charge on any atom is -0.444 e. The van der Waals surface area contributed by atoms with Gasteiger partial charge in [-0.15, -0.1) is 11.3 Å². The number of pyridine rings is 1. The van der Waals surface area contributed by atoms with Crippen LogP contribution in [0.15, 0.2) is 35.8 Å². The molecule has 2 saturated heterocycles. The fourth-order valence-corrected chi connectivity index (χ4v) is 9.51. The number of fused-ring (bicyclic) bond motifs is 6. The lowest BCUT2D eigenvalue weighted by Gasteiger charge is -2.36. The number of nitrogens with one attached hydrogen (secondary N) is 2. The number of carbonyl (C=O) groups is 3. The number of benzene rings is 1. The van der Waals surface area contributed by atoms with Crippen LogP contribution in [-0.2, 0) is 38.4 Å². The van der Waals surface area contributed by atoms with Gasteiger partial charge in [-0.25, -0.2) is 15.2 Å². The van der Waals surface area contributed by atoms with E-state index < -0.39 is 23.8 Å². The number of hydrogen-bond donors (Lipinski definition) is 2. The lowest BCUT2D eigenvalue weighted by atomic mass is 9.79. The van der Waals surface area contributed by atoms with Crippen LogP contribution in [0.25, 0.3) is 33.4 Å². The highest BCUT2D eigenvalue weighted by Gasteiger charge is 2.36. The molecule has 0 aliphatic carbocycles. The van der Waals surface area contributed by atoms with E-state index in [0.717, 1.165) is 83.9 Å². The Morgan fingerprint density at radius 2 is 1.88 bits per heavy atom. The number of rotatable bonds is 6. The maximum Gasteiger partial charge on any atom is 0.408 e. The molecule has 2 N–H and O–H groups in total. The van der Waals surface area contributed by atoms with Gasteiger partial charge in [0, 0.05) is 86.6 Å². The molecule has 0 saturated carbocycles. The number of ketones is 1. The van der Waals surface area contributed by atoms with Crippen molar-refractivity contribution in [3.8, 4) is 22.5 Å². The molecule has 13 nitrogen and oxygen atoms in total. The number of amides is 2. The molecule has 3 aliphatic heterocycles. The number of ether oxygens (including phenoxy) is 2. The average Bonchev–Trinajstić information content (AvgIpc) is 3.79. The maximum atomic E-state index is 14.1. The van der Waals surface area contributed by atoms with E-state index in [1.54, 1.807) is 27.9 Å². The summed E-state index contributed by atoms with van der Waals surface area (Å²) < 4.78 is 14.0. The molecule has 7 rings (SSSR count). The third-order valence-corrected chi connectivity index (χ3v) is 12.9. The third kappa shape index (κ3) is 9.51. The molecule has 2 amide bonds. The molecule has 3 aliphatic rings. The topological polar surface area (TPSA) is 134 Å². The summed E-state index contributed by atoms with van der Waals surface area (Å²) in [7, 11) is 3.91. The number of likely N-dealkylation sites (N-methyl/N-ethyl adjacent to an activating group) is 1. The predicted octanol–water partition coefficient (Wildman–Crippen LogP) is 7.17. The first-order valence-electron chi connectivity index (χ1n) is 21.2. The minimum atomic E-state index is -0.947. The van der Waals surface area contributed by atoms with Gasteiger partial charge in [-0.05, 0) is 96.5 Å². The number of Topliss-reactive ketones (excluding diaryl/α,β-unsaturated/α-hetero) is 1. The van der Waals surface area contributed by atoms with Gasteiger partial charge < -0.3 is 29.2 Å². The Balaban J connectivity index is 1.37. The first kappa shape index (κ1) is 42.7. The molecular weight excluding hydrogens is 765 g/mol. The number of thiazole rings is 1. The lowest BCUT2D eigenvalue weighted by molar-refractivity contribution is -0.141. The van der Waals surface area contributed by atoms with Crippen molar-refractivity contribution in [1.82, 2.24) is 35.2 Å². The van der Waals surface area contributed by atoms with Gasteiger partial charge in [-0.2, -0.15) is 0 Å². The highest BCUT2D eigenvalue weighted by molar-refractivity contribution is 7.10.